The molecule has 0 spiro atoms. The third kappa shape index (κ3) is 10.2. The second-order valence-corrected chi connectivity index (χ2v) is 23.3. The van der Waals surface area contributed by atoms with Crippen LogP contribution in [0.3, 0.4) is 0 Å². The van der Waals surface area contributed by atoms with Gasteiger partial charge in [-0.25, -0.2) is 0 Å². The number of aliphatic hydroxyl groups excluding tert-OH is 13. The number of fused-ring (bicyclic) bond motifs is 7. The van der Waals surface area contributed by atoms with E-state index in [0.29, 0.717) is 36.5 Å². The molecule has 9 aliphatic rings. The maximum Gasteiger partial charge on any atom is 0.187 e. The summed E-state index contributed by atoms with van der Waals surface area (Å²) in [5, 5.41) is 136. The first-order valence-electron chi connectivity index (χ1n) is 26.5. The van der Waals surface area contributed by atoms with Crippen molar-refractivity contribution < 1.29 is 109 Å². The Morgan fingerprint density at radius 2 is 1.23 bits per heavy atom. The summed E-state index contributed by atoms with van der Waals surface area (Å²) in [7, 11) is 0. The standard InChI is InChI=1S/C51H82O22/c1-20(19-65-46-40(61)38(59)35(56)30(16-52)69-46)6-9-28-21(2)33-29(68-28)15-27-25-8-7-23-14-24(10-12-50(23,4)26(25)11-13-51(27,33)5)67-49-45(73-47-41(62)37(58)34(55)22(3)66-47)43(64)44(32(18-54)71-49)72-48-42(63)39(60)36(57)31(17-53)70-48/h7,20,22,24-27,29-49,52-64H,6,8-19H2,1-5H3/t20?,22-,24-,25+,26-,27-,29?,30+,31+,32+,33-,34-,35+,36+,37+,38-,39-,40+,41+,42+,43-,44+,45+,46+,47-,48-,49+,50-,51-/m0/s1. The Labute approximate surface area is 425 Å². The number of aliphatic hydroxyl groups is 13. The molecule has 5 heterocycles. The van der Waals surface area contributed by atoms with Gasteiger partial charge in [0.15, 0.2) is 25.2 Å². The summed E-state index contributed by atoms with van der Waals surface area (Å²) < 4.78 is 54.6. The van der Waals surface area contributed by atoms with Crippen LogP contribution in [-0.2, 0) is 42.6 Å². The van der Waals surface area contributed by atoms with Crippen molar-refractivity contribution >= 4 is 0 Å². The van der Waals surface area contributed by atoms with Gasteiger partial charge in [-0.05, 0) is 105 Å². The molecule has 3 saturated carbocycles. The predicted molar refractivity (Wildman–Crippen MR) is 249 cm³/mol. The van der Waals surface area contributed by atoms with Crippen LogP contribution in [0.1, 0.15) is 92.4 Å². The molecule has 0 aromatic heterocycles. The normalized spacial score (nSPS) is 52.4. The number of rotatable bonds is 15. The minimum Gasteiger partial charge on any atom is -0.494 e. The van der Waals surface area contributed by atoms with Crippen molar-refractivity contribution in [2.45, 2.75) is 227 Å². The number of hydrogen-bond acceptors (Lipinski definition) is 22. The van der Waals surface area contributed by atoms with E-state index in [-0.39, 0.29) is 29.5 Å². The minimum atomic E-state index is -1.84. The number of ether oxygens (including phenoxy) is 9. The summed E-state index contributed by atoms with van der Waals surface area (Å²) in [6.07, 6.45) is -20.5. The molecule has 4 saturated heterocycles. The van der Waals surface area contributed by atoms with Gasteiger partial charge in [-0.2, -0.15) is 0 Å². The second kappa shape index (κ2) is 22.3. The SMILES string of the molecule is CC1=C(CCC(C)CO[C@@H]2O[C@H](CO)[C@@H](O)[C@H](O)[C@H]2O)OC2C[C@H]3[C@@H]4CC=C5C[C@@H](O[C@@H]6O[C@H](CO)[C@@H](O[C@@H]7O[C@H](CO)[C@@H](O)[C@H](O)[C@H]7O)[C@H](O)[C@H]6O[C@@H]6O[C@@H](C)[C@H](O)[C@@H](O)[C@H]6O)CC[C@]5(C)[C@H]4CC[C@]3(C)[C@@H]12. The molecule has 29 atom stereocenters. The Morgan fingerprint density at radius 1 is 0.644 bits per heavy atom. The lowest BCUT2D eigenvalue weighted by atomic mass is 9.47. The van der Waals surface area contributed by atoms with Gasteiger partial charge in [0.1, 0.15) is 97.7 Å². The van der Waals surface area contributed by atoms with Gasteiger partial charge in [0.25, 0.3) is 0 Å². The molecule has 2 unspecified atom stereocenters. The summed E-state index contributed by atoms with van der Waals surface area (Å²) in [6.45, 7) is 8.81. The van der Waals surface area contributed by atoms with E-state index in [1.165, 1.54) is 18.1 Å². The third-order valence-corrected chi connectivity index (χ3v) is 18.9. The summed E-state index contributed by atoms with van der Waals surface area (Å²) in [5.74, 6) is 2.73. The molecule has 0 amide bonds. The highest BCUT2D eigenvalue weighted by Crippen LogP contribution is 2.69. The summed E-state index contributed by atoms with van der Waals surface area (Å²) in [4.78, 5) is 0. The van der Waals surface area contributed by atoms with Gasteiger partial charge >= 0.3 is 0 Å². The molecule has 73 heavy (non-hydrogen) atoms. The first kappa shape index (κ1) is 56.2. The maximum atomic E-state index is 12.1. The van der Waals surface area contributed by atoms with Crippen molar-refractivity contribution in [3.63, 3.8) is 0 Å². The fourth-order valence-electron chi connectivity index (χ4n) is 14.5. The Balaban J connectivity index is 0.852. The summed E-state index contributed by atoms with van der Waals surface area (Å²) in [6, 6.07) is 0. The van der Waals surface area contributed by atoms with Gasteiger partial charge in [-0.1, -0.05) is 32.4 Å². The quantitative estimate of drug-likeness (QED) is 0.0785. The Kier molecular flexibility index (Phi) is 17.2. The van der Waals surface area contributed by atoms with Crippen LogP contribution in [0.25, 0.3) is 0 Å². The van der Waals surface area contributed by atoms with Crippen LogP contribution in [0.15, 0.2) is 23.0 Å². The lowest BCUT2D eigenvalue weighted by Crippen LogP contribution is -2.67. The van der Waals surface area contributed by atoms with Crippen LogP contribution in [0.4, 0.5) is 0 Å². The Morgan fingerprint density at radius 3 is 1.89 bits per heavy atom. The van der Waals surface area contributed by atoms with Crippen molar-refractivity contribution in [2.75, 3.05) is 26.4 Å². The van der Waals surface area contributed by atoms with Crippen LogP contribution in [0.5, 0.6) is 0 Å². The summed E-state index contributed by atoms with van der Waals surface area (Å²) in [5.41, 5.74) is 2.53. The lowest BCUT2D eigenvalue weighted by molar-refractivity contribution is -0.389. The molecule has 0 bridgehead atoms. The van der Waals surface area contributed by atoms with Crippen molar-refractivity contribution in [1.29, 1.82) is 0 Å². The average molecular weight is 1050 g/mol. The van der Waals surface area contributed by atoms with E-state index >= 15 is 0 Å². The molecule has 22 nitrogen and oxygen atoms in total. The van der Waals surface area contributed by atoms with E-state index in [1.54, 1.807) is 0 Å². The first-order valence-corrected chi connectivity index (χ1v) is 26.5. The average Bonchev–Trinajstić information content (AvgIpc) is 3.86. The molecular weight excluding hydrogens is 965 g/mol. The molecule has 7 fully saturated rings. The summed E-state index contributed by atoms with van der Waals surface area (Å²) >= 11 is 0. The number of allylic oxidation sites excluding steroid dienone is 2. The Bertz CT molecular complexity index is 1940. The van der Waals surface area contributed by atoms with E-state index in [9.17, 15) is 66.4 Å². The van der Waals surface area contributed by atoms with Crippen LogP contribution < -0.4 is 0 Å². The lowest BCUT2D eigenvalue weighted by Gasteiger charge is -2.58. The highest BCUT2D eigenvalue weighted by Gasteiger charge is 2.64. The van der Waals surface area contributed by atoms with Gasteiger partial charge in [0.2, 0.25) is 0 Å². The topological polar surface area (TPSA) is 346 Å². The molecule has 0 radical (unpaired) electrons. The smallest absolute Gasteiger partial charge is 0.187 e. The van der Waals surface area contributed by atoms with E-state index in [2.05, 4.69) is 26.8 Å². The predicted octanol–water partition coefficient (Wildman–Crippen LogP) is -2.06. The zero-order valence-electron chi connectivity index (χ0n) is 42.3. The molecule has 4 aliphatic carbocycles. The van der Waals surface area contributed by atoms with Gasteiger partial charge in [0, 0.05) is 12.3 Å². The van der Waals surface area contributed by atoms with Crippen molar-refractivity contribution in [3.05, 3.63) is 23.0 Å². The first-order chi connectivity index (χ1) is 34.6. The van der Waals surface area contributed by atoms with E-state index in [4.69, 9.17) is 42.6 Å². The van der Waals surface area contributed by atoms with Crippen molar-refractivity contribution in [3.8, 4) is 0 Å². The van der Waals surface area contributed by atoms with Crippen LogP contribution in [-0.4, -0.2) is 228 Å². The zero-order chi connectivity index (χ0) is 52.6. The second-order valence-electron chi connectivity index (χ2n) is 23.3. The zero-order valence-corrected chi connectivity index (χ0v) is 42.3. The maximum absolute atomic E-state index is 12.1. The molecule has 22 heteroatoms. The number of hydrogen-bond donors (Lipinski definition) is 13. The van der Waals surface area contributed by atoms with Crippen molar-refractivity contribution in [2.24, 2.45) is 40.4 Å². The van der Waals surface area contributed by atoms with Gasteiger partial charge in [-0.15, -0.1) is 0 Å². The monoisotopic (exact) mass is 1050 g/mol. The molecule has 0 aromatic rings. The fourth-order valence-corrected chi connectivity index (χ4v) is 14.5. The van der Waals surface area contributed by atoms with E-state index < -0.39 is 149 Å². The fraction of sp³-hybridized carbons (Fsp3) is 0.922. The minimum absolute atomic E-state index is 0.0564. The molecule has 5 aliphatic heterocycles. The van der Waals surface area contributed by atoms with Crippen LogP contribution in [0, 0.1) is 40.4 Å². The third-order valence-electron chi connectivity index (χ3n) is 18.9. The highest BCUT2D eigenvalue weighted by molar-refractivity contribution is 5.30. The molecule has 9 rings (SSSR count). The van der Waals surface area contributed by atoms with Gasteiger partial charge in [0.05, 0.1) is 44.4 Å². The van der Waals surface area contributed by atoms with E-state index in [1.807, 2.05) is 6.92 Å². The van der Waals surface area contributed by atoms with Gasteiger partial charge < -0.3 is 109 Å². The van der Waals surface area contributed by atoms with Crippen LogP contribution in [0.2, 0.25) is 0 Å². The molecule has 0 aromatic carbocycles. The molecule has 13 N–H and O–H groups in total. The van der Waals surface area contributed by atoms with Crippen molar-refractivity contribution in [1.82, 2.24) is 0 Å². The highest BCUT2D eigenvalue weighted by atomic mass is 16.8. The van der Waals surface area contributed by atoms with E-state index in [0.717, 1.165) is 50.7 Å². The largest absolute Gasteiger partial charge is 0.494 e. The molecular formula is C51H82O22. The molecule has 418 valence electrons. The van der Waals surface area contributed by atoms with Gasteiger partial charge in [-0.3, -0.25) is 0 Å². The van der Waals surface area contributed by atoms with Crippen LogP contribution >= 0.6 is 0 Å². The Hall–Kier alpha value is -1.56.